The molecule has 0 fully saturated rings. The molecule has 1 atom stereocenters. The minimum absolute atomic E-state index is 0.00309. The molecule has 27 heavy (non-hydrogen) atoms. The average molecular weight is 393 g/mol. The largest absolute Gasteiger partial charge is 0.497 e. The van der Waals surface area contributed by atoms with Crippen LogP contribution in [0.1, 0.15) is 23.6 Å². The molecule has 7 nitrogen and oxygen atoms in total. The Kier molecular flexibility index (Phi) is 7.31. The summed E-state index contributed by atoms with van der Waals surface area (Å²) in [5.74, 6) is 0.693. The van der Waals surface area contributed by atoms with Gasteiger partial charge in [0.25, 0.3) is 0 Å². The lowest BCUT2D eigenvalue weighted by Gasteiger charge is -2.18. The molecule has 0 aliphatic heterocycles. The van der Waals surface area contributed by atoms with Crippen LogP contribution in [0.3, 0.4) is 0 Å². The Labute approximate surface area is 162 Å². The normalized spacial score (nSPS) is 11.4. The molecule has 3 N–H and O–H groups in total. The standard InChI is InChI=1S/C19H21ClN2O5/c1-25-15-7-8-17(26-2)13(9-15)11-27-18(23)10-16(22-19(21)24)12-3-5-14(20)6-4-12/h3-9,16H,10-11H2,1-2H3,(H3,21,22,24)/t16-/m0/s1. The molecule has 0 aliphatic carbocycles. The van der Waals surface area contributed by atoms with E-state index in [2.05, 4.69) is 5.32 Å². The molecule has 144 valence electrons. The van der Waals surface area contributed by atoms with Crippen LogP contribution in [0.4, 0.5) is 4.79 Å². The number of amides is 2. The first-order valence-electron chi connectivity index (χ1n) is 8.11. The Balaban J connectivity index is 2.05. The molecule has 0 saturated carbocycles. The minimum atomic E-state index is -0.739. The zero-order chi connectivity index (χ0) is 19.8. The molecule has 2 aromatic carbocycles. The van der Waals surface area contributed by atoms with Crippen LogP contribution in [0.25, 0.3) is 0 Å². The number of rotatable bonds is 8. The number of hydrogen-bond donors (Lipinski definition) is 2. The number of nitrogens with two attached hydrogens (primary N) is 1. The molecule has 8 heteroatoms. The highest BCUT2D eigenvalue weighted by molar-refractivity contribution is 6.30. The van der Waals surface area contributed by atoms with Gasteiger partial charge in [0.2, 0.25) is 0 Å². The van der Waals surface area contributed by atoms with E-state index in [-0.39, 0.29) is 13.0 Å². The number of ether oxygens (including phenoxy) is 3. The smallest absolute Gasteiger partial charge is 0.312 e. The second-order valence-corrected chi connectivity index (χ2v) is 6.09. The molecule has 0 aliphatic rings. The van der Waals surface area contributed by atoms with Crippen LogP contribution in [0.15, 0.2) is 42.5 Å². The predicted octanol–water partition coefficient (Wildman–Crippen LogP) is 3.20. The fourth-order valence-electron chi connectivity index (χ4n) is 2.50. The number of primary amides is 1. The van der Waals surface area contributed by atoms with Gasteiger partial charge in [-0.05, 0) is 35.9 Å². The van der Waals surface area contributed by atoms with E-state index in [0.29, 0.717) is 27.6 Å². The van der Waals surface area contributed by atoms with Gasteiger partial charge in [0.05, 0.1) is 26.7 Å². The topological polar surface area (TPSA) is 99.9 Å². The van der Waals surface area contributed by atoms with E-state index < -0.39 is 18.0 Å². The third kappa shape index (κ3) is 6.07. The van der Waals surface area contributed by atoms with Gasteiger partial charge in [-0.25, -0.2) is 4.79 Å². The quantitative estimate of drug-likeness (QED) is 0.672. The lowest BCUT2D eigenvalue weighted by Crippen LogP contribution is -2.34. The molecular weight excluding hydrogens is 372 g/mol. The Morgan fingerprint density at radius 1 is 1.11 bits per heavy atom. The molecule has 0 heterocycles. The van der Waals surface area contributed by atoms with Crippen LogP contribution >= 0.6 is 11.6 Å². The van der Waals surface area contributed by atoms with Gasteiger partial charge in [0.1, 0.15) is 18.1 Å². The zero-order valence-electron chi connectivity index (χ0n) is 15.0. The first kappa shape index (κ1) is 20.4. The van der Waals surface area contributed by atoms with Gasteiger partial charge in [-0.3, -0.25) is 4.79 Å². The maximum atomic E-state index is 12.3. The third-order valence-electron chi connectivity index (χ3n) is 3.84. The van der Waals surface area contributed by atoms with Crippen molar-refractivity contribution in [2.24, 2.45) is 5.73 Å². The lowest BCUT2D eigenvalue weighted by molar-refractivity contribution is -0.145. The number of methoxy groups -OCH3 is 2. The van der Waals surface area contributed by atoms with E-state index in [1.807, 2.05) is 0 Å². The van der Waals surface area contributed by atoms with Crippen molar-refractivity contribution in [1.82, 2.24) is 5.32 Å². The van der Waals surface area contributed by atoms with Gasteiger partial charge in [-0.15, -0.1) is 0 Å². The maximum Gasteiger partial charge on any atom is 0.312 e. The van der Waals surface area contributed by atoms with Crippen LogP contribution < -0.4 is 20.5 Å². The number of urea groups is 1. The van der Waals surface area contributed by atoms with Crippen LogP contribution in [0.2, 0.25) is 5.02 Å². The SMILES string of the molecule is COc1ccc(OC)c(COC(=O)C[C@H](NC(N)=O)c2ccc(Cl)cc2)c1. The Morgan fingerprint density at radius 2 is 1.81 bits per heavy atom. The summed E-state index contributed by atoms with van der Waals surface area (Å²) < 4.78 is 15.8. The van der Waals surface area contributed by atoms with Gasteiger partial charge < -0.3 is 25.3 Å². The lowest BCUT2D eigenvalue weighted by atomic mass is 10.0. The van der Waals surface area contributed by atoms with Crippen molar-refractivity contribution in [3.63, 3.8) is 0 Å². The monoisotopic (exact) mass is 392 g/mol. The Bertz CT molecular complexity index is 795. The van der Waals surface area contributed by atoms with Gasteiger partial charge in [-0.2, -0.15) is 0 Å². The van der Waals surface area contributed by atoms with Crippen LogP contribution in [-0.4, -0.2) is 26.2 Å². The molecule has 0 spiro atoms. The third-order valence-corrected chi connectivity index (χ3v) is 4.09. The Hall–Kier alpha value is -2.93. The number of hydrogen-bond acceptors (Lipinski definition) is 5. The Morgan fingerprint density at radius 3 is 2.41 bits per heavy atom. The van der Waals surface area contributed by atoms with Crippen molar-refractivity contribution in [2.45, 2.75) is 19.1 Å². The molecule has 2 aromatic rings. The second-order valence-electron chi connectivity index (χ2n) is 5.66. The first-order valence-corrected chi connectivity index (χ1v) is 8.48. The van der Waals surface area contributed by atoms with E-state index >= 15 is 0 Å². The van der Waals surface area contributed by atoms with Crippen molar-refractivity contribution in [1.29, 1.82) is 0 Å². The summed E-state index contributed by atoms with van der Waals surface area (Å²) in [6.45, 7) is 0.00309. The molecular formula is C19H21ClN2O5. The van der Waals surface area contributed by atoms with Crippen LogP contribution in [0.5, 0.6) is 11.5 Å². The minimum Gasteiger partial charge on any atom is -0.497 e. The van der Waals surface area contributed by atoms with Crippen molar-refractivity contribution in [3.05, 3.63) is 58.6 Å². The fraction of sp³-hybridized carbons (Fsp3) is 0.263. The number of carbonyl (C=O) groups is 2. The van der Waals surface area contributed by atoms with Crippen LogP contribution in [0, 0.1) is 0 Å². The summed E-state index contributed by atoms with van der Waals surface area (Å²) in [5.41, 5.74) is 6.56. The molecule has 0 aromatic heterocycles. The van der Waals surface area contributed by atoms with E-state index in [4.69, 9.17) is 31.5 Å². The van der Waals surface area contributed by atoms with E-state index in [0.717, 1.165) is 0 Å². The number of carbonyl (C=O) groups excluding carboxylic acids is 2. The highest BCUT2D eigenvalue weighted by Crippen LogP contribution is 2.25. The fourth-order valence-corrected chi connectivity index (χ4v) is 2.62. The molecule has 0 radical (unpaired) electrons. The van der Waals surface area contributed by atoms with Crippen molar-refractivity contribution < 1.29 is 23.8 Å². The molecule has 2 rings (SSSR count). The summed E-state index contributed by atoms with van der Waals surface area (Å²) in [6, 6.07) is 10.6. The molecule has 0 unspecified atom stereocenters. The van der Waals surface area contributed by atoms with Gasteiger partial charge in [0, 0.05) is 10.6 Å². The van der Waals surface area contributed by atoms with Gasteiger partial charge in [-0.1, -0.05) is 23.7 Å². The zero-order valence-corrected chi connectivity index (χ0v) is 15.8. The summed E-state index contributed by atoms with van der Waals surface area (Å²) >= 11 is 5.87. The summed E-state index contributed by atoms with van der Waals surface area (Å²) in [5, 5.41) is 3.08. The summed E-state index contributed by atoms with van der Waals surface area (Å²) in [7, 11) is 3.07. The van der Waals surface area contributed by atoms with Crippen molar-refractivity contribution >= 4 is 23.6 Å². The number of esters is 1. The van der Waals surface area contributed by atoms with E-state index in [9.17, 15) is 9.59 Å². The van der Waals surface area contributed by atoms with Crippen LogP contribution in [-0.2, 0) is 16.1 Å². The molecule has 2 amide bonds. The number of halogens is 1. The first-order chi connectivity index (χ1) is 12.9. The number of nitrogens with one attached hydrogen (secondary N) is 1. The average Bonchev–Trinajstić information content (AvgIpc) is 2.65. The predicted molar refractivity (Wildman–Crippen MR) is 101 cm³/mol. The van der Waals surface area contributed by atoms with Crippen molar-refractivity contribution in [2.75, 3.05) is 14.2 Å². The second kappa shape index (κ2) is 9.68. The van der Waals surface area contributed by atoms with Gasteiger partial charge in [0.15, 0.2) is 0 Å². The summed E-state index contributed by atoms with van der Waals surface area (Å²) in [4.78, 5) is 23.6. The molecule has 0 saturated heterocycles. The highest BCUT2D eigenvalue weighted by atomic mass is 35.5. The van der Waals surface area contributed by atoms with E-state index in [1.54, 1.807) is 49.6 Å². The number of benzene rings is 2. The highest BCUT2D eigenvalue weighted by Gasteiger charge is 2.19. The maximum absolute atomic E-state index is 12.3. The molecule has 0 bridgehead atoms. The van der Waals surface area contributed by atoms with Gasteiger partial charge >= 0.3 is 12.0 Å². The van der Waals surface area contributed by atoms with Crippen molar-refractivity contribution in [3.8, 4) is 11.5 Å². The van der Waals surface area contributed by atoms with E-state index in [1.165, 1.54) is 7.11 Å². The summed E-state index contributed by atoms with van der Waals surface area (Å²) in [6.07, 6.45) is -0.0865.